The van der Waals surface area contributed by atoms with E-state index in [9.17, 15) is 0 Å². The third-order valence-corrected chi connectivity index (χ3v) is 5.97. The second-order valence-electron chi connectivity index (χ2n) is 6.80. The monoisotopic (exact) mass is 228 g/mol. The van der Waals surface area contributed by atoms with Gasteiger partial charge in [0.1, 0.15) is 0 Å². The fraction of sp³-hybridized carbons (Fsp3) is 0.647. The van der Waals surface area contributed by atoms with Gasteiger partial charge >= 0.3 is 0 Å². The Balaban J connectivity index is 2.28. The normalized spacial score (nSPS) is 35.5. The van der Waals surface area contributed by atoms with Gasteiger partial charge in [0.2, 0.25) is 0 Å². The van der Waals surface area contributed by atoms with E-state index in [2.05, 4.69) is 39.8 Å². The zero-order chi connectivity index (χ0) is 12.3. The van der Waals surface area contributed by atoms with Crippen LogP contribution in [-0.2, 0) is 11.8 Å². The Kier molecular flexibility index (Phi) is 2.24. The van der Waals surface area contributed by atoms with Crippen molar-refractivity contribution in [1.82, 2.24) is 0 Å². The van der Waals surface area contributed by atoms with E-state index in [1.54, 1.807) is 11.1 Å². The molecule has 0 saturated heterocycles. The number of hydrogen-bond acceptors (Lipinski definition) is 0. The van der Waals surface area contributed by atoms with Gasteiger partial charge in [0, 0.05) is 0 Å². The maximum atomic E-state index is 2.53. The van der Waals surface area contributed by atoms with Crippen molar-refractivity contribution < 1.29 is 0 Å². The zero-order valence-corrected chi connectivity index (χ0v) is 11.7. The van der Waals surface area contributed by atoms with Gasteiger partial charge in [-0.3, -0.25) is 0 Å². The Bertz CT molecular complexity index is 471. The Labute approximate surface area is 105 Å². The minimum atomic E-state index is 0.441. The zero-order valence-electron chi connectivity index (χ0n) is 11.7. The minimum Gasteiger partial charge on any atom is -0.0588 e. The van der Waals surface area contributed by atoms with Crippen LogP contribution in [0.25, 0.3) is 0 Å². The van der Waals surface area contributed by atoms with Crippen molar-refractivity contribution in [2.24, 2.45) is 5.41 Å². The molecule has 0 radical (unpaired) electrons. The van der Waals surface area contributed by atoms with Crippen molar-refractivity contribution in [3.63, 3.8) is 0 Å². The fourth-order valence-electron chi connectivity index (χ4n) is 4.60. The highest BCUT2D eigenvalue weighted by Crippen LogP contribution is 2.60. The lowest BCUT2D eigenvalue weighted by atomic mass is 9.56. The highest BCUT2D eigenvalue weighted by Gasteiger charge is 2.52. The molecule has 2 aliphatic rings. The van der Waals surface area contributed by atoms with Crippen LogP contribution < -0.4 is 0 Å². The maximum Gasteiger partial charge on any atom is -0.00160 e. The molecule has 92 valence electrons. The van der Waals surface area contributed by atoms with Crippen molar-refractivity contribution >= 4 is 0 Å². The Morgan fingerprint density at radius 3 is 2.41 bits per heavy atom. The molecule has 0 bridgehead atoms. The number of hydrogen-bond donors (Lipinski definition) is 0. The van der Waals surface area contributed by atoms with E-state index in [-0.39, 0.29) is 0 Å². The highest BCUT2D eigenvalue weighted by molar-refractivity contribution is 5.48. The van der Waals surface area contributed by atoms with Crippen LogP contribution in [0.4, 0.5) is 0 Å². The maximum absolute atomic E-state index is 2.53. The number of aryl methyl sites for hydroxylation is 2. The summed E-state index contributed by atoms with van der Waals surface area (Å²) in [4.78, 5) is 0. The van der Waals surface area contributed by atoms with Gasteiger partial charge < -0.3 is 0 Å². The molecular formula is C17H24. The van der Waals surface area contributed by atoms with Crippen molar-refractivity contribution in [3.05, 3.63) is 34.4 Å². The lowest BCUT2D eigenvalue weighted by molar-refractivity contribution is 0.163. The van der Waals surface area contributed by atoms with Crippen LogP contribution in [0.15, 0.2) is 12.1 Å². The summed E-state index contributed by atoms with van der Waals surface area (Å²) in [6.07, 6.45) is 6.92. The van der Waals surface area contributed by atoms with Crippen LogP contribution in [0.2, 0.25) is 0 Å². The van der Waals surface area contributed by atoms with E-state index >= 15 is 0 Å². The summed E-state index contributed by atoms with van der Waals surface area (Å²) >= 11 is 0. The van der Waals surface area contributed by atoms with Crippen LogP contribution in [-0.4, -0.2) is 0 Å². The van der Waals surface area contributed by atoms with Crippen LogP contribution in [0.3, 0.4) is 0 Å². The van der Waals surface area contributed by atoms with Gasteiger partial charge in [0.25, 0.3) is 0 Å². The standard InChI is InChI=1S/C17H24/c1-12-6-7-13(2)15-14(12)8-11-16(3)9-5-10-17(15,16)4/h6-7H,5,8-11H2,1-4H3/t16-,17+/m1/s1. The molecule has 0 spiro atoms. The van der Waals surface area contributed by atoms with Gasteiger partial charge in [-0.15, -0.1) is 0 Å². The molecule has 2 aliphatic carbocycles. The van der Waals surface area contributed by atoms with Gasteiger partial charge in [-0.2, -0.15) is 0 Å². The minimum absolute atomic E-state index is 0.441. The van der Waals surface area contributed by atoms with E-state index in [4.69, 9.17) is 0 Å². The van der Waals surface area contributed by atoms with E-state index < -0.39 is 0 Å². The summed E-state index contributed by atoms with van der Waals surface area (Å²) in [5.74, 6) is 0. The molecule has 3 rings (SSSR count). The molecule has 17 heavy (non-hydrogen) atoms. The van der Waals surface area contributed by atoms with Crippen LogP contribution >= 0.6 is 0 Å². The largest absolute Gasteiger partial charge is 0.0588 e. The first-order valence-electron chi connectivity index (χ1n) is 7.07. The molecule has 1 saturated carbocycles. The quantitative estimate of drug-likeness (QED) is 0.604. The smallest absolute Gasteiger partial charge is 0.00160 e. The number of rotatable bonds is 0. The van der Waals surface area contributed by atoms with E-state index in [0.29, 0.717) is 10.8 Å². The molecule has 0 N–H and O–H groups in total. The molecule has 0 aliphatic heterocycles. The molecule has 0 unspecified atom stereocenters. The Morgan fingerprint density at radius 2 is 1.65 bits per heavy atom. The van der Waals surface area contributed by atoms with E-state index in [0.717, 1.165) is 0 Å². The molecule has 0 heteroatoms. The molecule has 1 fully saturated rings. The summed E-state index contributed by atoms with van der Waals surface area (Å²) in [6, 6.07) is 4.65. The van der Waals surface area contributed by atoms with Gasteiger partial charge in [0.15, 0.2) is 0 Å². The van der Waals surface area contributed by atoms with Gasteiger partial charge in [0.05, 0.1) is 0 Å². The van der Waals surface area contributed by atoms with Gasteiger partial charge in [-0.05, 0) is 72.6 Å². The molecule has 0 nitrogen and oxygen atoms in total. The molecule has 0 amide bonds. The first kappa shape index (κ1) is 11.3. The van der Waals surface area contributed by atoms with Crippen LogP contribution in [0, 0.1) is 19.3 Å². The first-order valence-corrected chi connectivity index (χ1v) is 7.07. The third kappa shape index (κ3) is 1.30. The van der Waals surface area contributed by atoms with Crippen molar-refractivity contribution in [3.8, 4) is 0 Å². The molecule has 1 aromatic carbocycles. The number of benzene rings is 1. The lowest BCUT2D eigenvalue weighted by Gasteiger charge is -2.48. The van der Waals surface area contributed by atoms with Crippen LogP contribution in [0.1, 0.15) is 61.8 Å². The average Bonchev–Trinajstić information content (AvgIpc) is 2.59. The Hall–Kier alpha value is -0.780. The summed E-state index contributed by atoms with van der Waals surface area (Å²) in [5, 5.41) is 0. The molecule has 0 heterocycles. The summed E-state index contributed by atoms with van der Waals surface area (Å²) < 4.78 is 0. The predicted octanol–water partition coefficient (Wildman–Crippen LogP) is 4.70. The van der Waals surface area contributed by atoms with E-state index in [1.165, 1.54) is 43.2 Å². The molecule has 0 aromatic heterocycles. The summed E-state index contributed by atoms with van der Waals surface area (Å²) in [7, 11) is 0. The lowest BCUT2D eigenvalue weighted by Crippen LogP contribution is -2.41. The molecule has 2 atom stereocenters. The summed E-state index contributed by atoms with van der Waals surface area (Å²) in [6.45, 7) is 9.67. The second kappa shape index (κ2) is 3.37. The van der Waals surface area contributed by atoms with Crippen molar-refractivity contribution in [1.29, 1.82) is 0 Å². The van der Waals surface area contributed by atoms with Gasteiger partial charge in [-0.1, -0.05) is 32.4 Å². The predicted molar refractivity (Wildman–Crippen MR) is 73.5 cm³/mol. The third-order valence-electron chi connectivity index (χ3n) is 5.97. The topological polar surface area (TPSA) is 0 Å². The summed E-state index contributed by atoms with van der Waals surface area (Å²) in [5.41, 5.74) is 7.42. The SMILES string of the molecule is Cc1ccc(C)c2c1CC[C@@]1(C)CCC[C@@]21C. The van der Waals surface area contributed by atoms with Crippen molar-refractivity contribution in [2.45, 2.75) is 65.2 Å². The van der Waals surface area contributed by atoms with Gasteiger partial charge in [-0.25, -0.2) is 0 Å². The Morgan fingerprint density at radius 1 is 0.941 bits per heavy atom. The molecule has 1 aromatic rings. The van der Waals surface area contributed by atoms with E-state index in [1.807, 2.05) is 0 Å². The number of fused-ring (bicyclic) bond motifs is 3. The average molecular weight is 228 g/mol. The highest BCUT2D eigenvalue weighted by atomic mass is 14.6. The van der Waals surface area contributed by atoms with Crippen molar-refractivity contribution in [2.75, 3.05) is 0 Å². The molecular weight excluding hydrogens is 204 g/mol. The van der Waals surface area contributed by atoms with Crippen LogP contribution in [0.5, 0.6) is 0 Å². The first-order chi connectivity index (χ1) is 7.98. The fourth-order valence-corrected chi connectivity index (χ4v) is 4.60. The second-order valence-corrected chi connectivity index (χ2v) is 6.80.